The van der Waals surface area contributed by atoms with E-state index in [1.54, 1.807) is 12.3 Å². The lowest BCUT2D eigenvalue weighted by atomic mass is 10.1. The van der Waals surface area contributed by atoms with Crippen LogP contribution in [0.3, 0.4) is 0 Å². The summed E-state index contributed by atoms with van der Waals surface area (Å²) in [5.74, 6) is 0. The molecule has 136 valence electrons. The maximum atomic E-state index is 6.67. The second-order valence-corrected chi connectivity index (χ2v) is 7.96. The van der Waals surface area contributed by atoms with E-state index in [0.29, 0.717) is 26.9 Å². The molecule has 0 fully saturated rings. The molecule has 0 aliphatic heterocycles. The van der Waals surface area contributed by atoms with Crippen molar-refractivity contribution < 1.29 is 0 Å². The van der Waals surface area contributed by atoms with E-state index >= 15 is 0 Å². The van der Waals surface area contributed by atoms with Gasteiger partial charge in [0.1, 0.15) is 10.7 Å². The van der Waals surface area contributed by atoms with Crippen molar-refractivity contribution in [2.24, 2.45) is 0 Å². The molecule has 0 saturated heterocycles. The average Bonchev–Trinajstić information content (AvgIpc) is 3.14. The number of aromatic nitrogens is 5. The molecule has 0 amide bonds. The van der Waals surface area contributed by atoms with E-state index in [1.165, 1.54) is 11.8 Å². The second-order valence-electron chi connectivity index (χ2n) is 6.19. The van der Waals surface area contributed by atoms with E-state index in [4.69, 9.17) is 23.2 Å². The molecule has 4 aromatic rings. The fourth-order valence-corrected chi connectivity index (χ4v) is 3.87. The molecule has 0 aliphatic carbocycles. The highest BCUT2D eigenvalue weighted by Gasteiger charge is 2.14. The average molecular weight is 416 g/mol. The molecule has 3 aromatic heterocycles. The summed E-state index contributed by atoms with van der Waals surface area (Å²) in [6.07, 6.45) is 3.62. The lowest BCUT2D eigenvalue weighted by molar-refractivity contribution is 0.534. The Labute approximate surface area is 170 Å². The van der Waals surface area contributed by atoms with Gasteiger partial charge in [0.05, 0.1) is 22.4 Å². The molecule has 0 bridgehead atoms. The second kappa shape index (κ2) is 7.46. The minimum atomic E-state index is 0.295. The summed E-state index contributed by atoms with van der Waals surface area (Å²) in [4.78, 5) is 14.0. The predicted octanol–water partition coefficient (Wildman–Crippen LogP) is 5.93. The van der Waals surface area contributed by atoms with Gasteiger partial charge in [0.25, 0.3) is 0 Å². The van der Waals surface area contributed by atoms with Gasteiger partial charge in [-0.25, -0.2) is 15.0 Å². The normalized spacial score (nSPS) is 11.4. The van der Waals surface area contributed by atoms with Gasteiger partial charge in [0.15, 0.2) is 5.16 Å². The number of halogens is 2. The monoisotopic (exact) mass is 415 g/mol. The number of benzene rings is 1. The summed E-state index contributed by atoms with van der Waals surface area (Å²) < 4.78 is 1.91. The van der Waals surface area contributed by atoms with Crippen LogP contribution in [-0.4, -0.2) is 24.7 Å². The summed E-state index contributed by atoms with van der Waals surface area (Å²) >= 11 is 14.0. The van der Waals surface area contributed by atoms with Gasteiger partial charge in [0.2, 0.25) is 0 Å². The predicted molar refractivity (Wildman–Crippen MR) is 110 cm³/mol. The first-order valence-electron chi connectivity index (χ1n) is 8.32. The maximum absolute atomic E-state index is 6.67. The first-order valence-corrected chi connectivity index (χ1v) is 9.89. The van der Waals surface area contributed by atoms with Crippen molar-refractivity contribution in [1.29, 1.82) is 0 Å². The molecule has 8 heteroatoms. The van der Waals surface area contributed by atoms with Gasteiger partial charge < -0.3 is 0 Å². The van der Waals surface area contributed by atoms with Crippen molar-refractivity contribution in [2.75, 3.05) is 0 Å². The van der Waals surface area contributed by atoms with E-state index in [2.05, 4.69) is 33.9 Å². The zero-order valence-electron chi connectivity index (χ0n) is 14.6. The van der Waals surface area contributed by atoms with Crippen LogP contribution in [0.4, 0.5) is 0 Å². The van der Waals surface area contributed by atoms with Crippen molar-refractivity contribution in [1.82, 2.24) is 24.7 Å². The van der Waals surface area contributed by atoms with Crippen LogP contribution in [0, 0.1) is 0 Å². The van der Waals surface area contributed by atoms with E-state index < -0.39 is 0 Å². The van der Waals surface area contributed by atoms with Crippen LogP contribution >= 0.6 is 35.0 Å². The molecule has 0 spiro atoms. The van der Waals surface area contributed by atoms with Crippen molar-refractivity contribution >= 4 is 46.0 Å². The van der Waals surface area contributed by atoms with Crippen LogP contribution in [0.25, 0.3) is 22.3 Å². The van der Waals surface area contributed by atoms with Crippen LogP contribution in [0.2, 0.25) is 10.2 Å². The van der Waals surface area contributed by atoms with Crippen molar-refractivity contribution in [2.45, 2.75) is 29.9 Å². The first kappa shape index (κ1) is 18.2. The van der Waals surface area contributed by atoms with E-state index in [1.807, 2.05) is 41.2 Å². The van der Waals surface area contributed by atoms with Gasteiger partial charge in [-0.2, -0.15) is 5.10 Å². The van der Waals surface area contributed by atoms with Gasteiger partial charge in [-0.1, -0.05) is 35.3 Å². The van der Waals surface area contributed by atoms with Crippen LogP contribution in [0.15, 0.2) is 58.8 Å². The molecule has 0 N–H and O–H groups in total. The van der Waals surface area contributed by atoms with Crippen LogP contribution in [-0.2, 0) is 0 Å². The van der Waals surface area contributed by atoms with Gasteiger partial charge in [-0.05, 0) is 49.9 Å². The van der Waals surface area contributed by atoms with Gasteiger partial charge in [-0.15, -0.1) is 0 Å². The number of fused-ring (bicyclic) bond motifs is 1. The maximum Gasteiger partial charge on any atom is 0.193 e. The van der Waals surface area contributed by atoms with Gasteiger partial charge in [0, 0.05) is 22.7 Å². The lowest BCUT2D eigenvalue weighted by Crippen LogP contribution is -2.00. The smallest absolute Gasteiger partial charge is 0.193 e. The minimum Gasteiger partial charge on any atom is -0.270 e. The van der Waals surface area contributed by atoms with Crippen molar-refractivity contribution in [3.63, 3.8) is 0 Å². The summed E-state index contributed by atoms with van der Waals surface area (Å²) in [5, 5.41) is 6.26. The molecule has 0 saturated carbocycles. The van der Waals surface area contributed by atoms with Crippen LogP contribution < -0.4 is 0 Å². The standard InChI is InChI=1S/C19H15Cl2N5S/c1-11(2)26-9-8-13(25-26)12-4-3-5-16(18(12)21)27-19-22-10-15-14(24-19)6-7-17(20)23-15/h3-11H,1-2H3. The quantitative estimate of drug-likeness (QED) is 0.305. The summed E-state index contributed by atoms with van der Waals surface area (Å²) in [7, 11) is 0. The third kappa shape index (κ3) is 3.78. The Hall–Kier alpha value is -2.15. The Balaban J connectivity index is 1.67. The summed E-state index contributed by atoms with van der Waals surface area (Å²) in [5.41, 5.74) is 3.12. The highest BCUT2D eigenvalue weighted by atomic mass is 35.5. The molecule has 4 rings (SSSR count). The van der Waals surface area contributed by atoms with E-state index in [-0.39, 0.29) is 0 Å². The Morgan fingerprint density at radius 3 is 2.63 bits per heavy atom. The third-order valence-electron chi connectivity index (χ3n) is 3.96. The fraction of sp³-hybridized carbons (Fsp3) is 0.158. The van der Waals surface area contributed by atoms with Gasteiger partial charge in [-0.3, -0.25) is 4.68 Å². The highest BCUT2D eigenvalue weighted by Crippen LogP contribution is 2.37. The Morgan fingerprint density at radius 1 is 1.00 bits per heavy atom. The van der Waals surface area contributed by atoms with Crippen molar-refractivity contribution in [3.05, 3.63) is 59.0 Å². The summed E-state index contributed by atoms with van der Waals surface area (Å²) in [6, 6.07) is 11.7. The first-order chi connectivity index (χ1) is 13.0. The molecule has 5 nitrogen and oxygen atoms in total. The van der Waals surface area contributed by atoms with Crippen LogP contribution in [0.5, 0.6) is 0 Å². The molecule has 3 heterocycles. The summed E-state index contributed by atoms with van der Waals surface area (Å²) in [6.45, 7) is 4.17. The molecule has 1 aromatic carbocycles. The number of pyridine rings is 1. The third-order valence-corrected chi connectivity index (χ3v) is 5.63. The van der Waals surface area contributed by atoms with Gasteiger partial charge >= 0.3 is 0 Å². The van der Waals surface area contributed by atoms with Crippen molar-refractivity contribution in [3.8, 4) is 11.3 Å². The molecular formula is C19H15Cl2N5S. The van der Waals surface area contributed by atoms with E-state index in [0.717, 1.165) is 21.7 Å². The number of hydrogen-bond donors (Lipinski definition) is 0. The molecule has 0 aliphatic rings. The number of hydrogen-bond acceptors (Lipinski definition) is 5. The fourth-order valence-electron chi connectivity index (χ4n) is 2.58. The van der Waals surface area contributed by atoms with E-state index in [9.17, 15) is 0 Å². The largest absolute Gasteiger partial charge is 0.270 e. The topological polar surface area (TPSA) is 56.5 Å². The number of nitrogens with zero attached hydrogens (tertiary/aromatic N) is 5. The zero-order chi connectivity index (χ0) is 19.0. The molecule has 0 radical (unpaired) electrons. The lowest BCUT2D eigenvalue weighted by Gasteiger charge is -2.08. The van der Waals surface area contributed by atoms with Crippen LogP contribution in [0.1, 0.15) is 19.9 Å². The molecule has 0 unspecified atom stereocenters. The number of rotatable bonds is 4. The minimum absolute atomic E-state index is 0.295. The molecular weight excluding hydrogens is 401 g/mol. The Morgan fingerprint density at radius 2 is 1.85 bits per heavy atom. The Kier molecular flexibility index (Phi) is 5.04. The SMILES string of the molecule is CC(C)n1ccc(-c2cccc(Sc3ncc4nc(Cl)ccc4n3)c2Cl)n1. The highest BCUT2D eigenvalue weighted by molar-refractivity contribution is 7.99. The molecule has 0 atom stereocenters. The Bertz CT molecular complexity index is 1130. The molecule has 27 heavy (non-hydrogen) atoms. The zero-order valence-corrected chi connectivity index (χ0v) is 16.9.